The van der Waals surface area contributed by atoms with E-state index < -0.39 is 17.7 Å². The Morgan fingerprint density at radius 2 is 1.96 bits per heavy atom. The maximum absolute atomic E-state index is 11.8. The van der Waals surface area contributed by atoms with Gasteiger partial charge in [-0.15, -0.1) is 0 Å². The highest BCUT2D eigenvalue weighted by Gasteiger charge is 2.19. The SMILES string of the molecule is CC(C)(C)OC(=O)N[C@H](CO)Cc1ccc(Oc2cnccn2)cc1. The summed E-state index contributed by atoms with van der Waals surface area (Å²) in [7, 11) is 0. The number of aliphatic hydroxyl groups excluding tert-OH is 1. The van der Waals surface area contributed by atoms with E-state index in [1.165, 1.54) is 6.20 Å². The molecule has 1 amide bonds. The minimum atomic E-state index is -0.580. The van der Waals surface area contributed by atoms with Crippen LogP contribution in [0.15, 0.2) is 42.9 Å². The molecule has 134 valence electrons. The van der Waals surface area contributed by atoms with Gasteiger partial charge >= 0.3 is 6.09 Å². The molecular weight excluding hydrogens is 322 g/mol. The van der Waals surface area contributed by atoms with Crippen molar-refractivity contribution < 1.29 is 19.4 Å². The molecule has 0 aliphatic carbocycles. The lowest BCUT2D eigenvalue weighted by molar-refractivity contribution is 0.0483. The summed E-state index contributed by atoms with van der Waals surface area (Å²) >= 11 is 0. The molecule has 2 aromatic rings. The average Bonchev–Trinajstić information content (AvgIpc) is 2.55. The summed E-state index contributed by atoms with van der Waals surface area (Å²) in [6.07, 6.45) is 4.58. The number of nitrogens with one attached hydrogen (secondary N) is 1. The largest absolute Gasteiger partial charge is 0.444 e. The first kappa shape index (κ1) is 18.7. The number of carbonyl (C=O) groups excluding carboxylic acids is 1. The lowest BCUT2D eigenvalue weighted by Crippen LogP contribution is -2.42. The summed E-state index contributed by atoms with van der Waals surface area (Å²) in [5.74, 6) is 1.04. The Kier molecular flexibility index (Phi) is 6.30. The topological polar surface area (TPSA) is 93.6 Å². The predicted molar refractivity (Wildman–Crippen MR) is 92.5 cm³/mol. The van der Waals surface area contributed by atoms with Gasteiger partial charge in [0.05, 0.1) is 18.8 Å². The van der Waals surface area contributed by atoms with Crippen LogP contribution in [0.3, 0.4) is 0 Å². The van der Waals surface area contributed by atoms with E-state index in [0.717, 1.165) is 5.56 Å². The van der Waals surface area contributed by atoms with Gasteiger partial charge in [0.2, 0.25) is 5.88 Å². The molecule has 0 unspecified atom stereocenters. The molecule has 7 heteroatoms. The van der Waals surface area contributed by atoms with E-state index in [9.17, 15) is 9.90 Å². The Balaban J connectivity index is 1.91. The van der Waals surface area contributed by atoms with Crippen LogP contribution in [-0.4, -0.2) is 39.4 Å². The molecule has 1 heterocycles. The molecule has 1 atom stereocenters. The van der Waals surface area contributed by atoms with Crippen LogP contribution in [0.4, 0.5) is 4.79 Å². The number of benzene rings is 1. The molecule has 0 saturated carbocycles. The summed E-state index contributed by atoms with van der Waals surface area (Å²) < 4.78 is 10.8. The lowest BCUT2D eigenvalue weighted by Gasteiger charge is -2.22. The number of amides is 1. The van der Waals surface area contributed by atoms with Crippen molar-refractivity contribution in [3.63, 3.8) is 0 Å². The number of ether oxygens (including phenoxy) is 2. The fraction of sp³-hybridized carbons (Fsp3) is 0.389. The van der Waals surface area contributed by atoms with Gasteiger partial charge in [-0.1, -0.05) is 12.1 Å². The van der Waals surface area contributed by atoms with Crippen LogP contribution < -0.4 is 10.1 Å². The summed E-state index contributed by atoms with van der Waals surface area (Å²) in [4.78, 5) is 19.8. The molecule has 25 heavy (non-hydrogen) atoms. The van der Waals surface area contributed by atoms with Gasteiger partial charge < -0.3 is 19.9 Å². The zero-order valence-electron chi connectivity index (χ0n) is 14.6. The van der Waals surface area contributed by atoms with Gasteiger partial charge in [-0.2, -0.15) is 0 Å². The molecule has 2 N–H and O–H groups in total. The highest BCUT2D eigenvalue weighted by molar-refractivity contribution is 5.68. The second kappa shape index (κ2) is 8.43. The third-order valence-corrected chi connectivity index (χ3v) is 3.11. The van der Waals surface area contributed by atoms with Crippen molar-refractivity contribution in [1.29, 1.82) is 0 Å². The second-order valence-electron chi connectivity index (χ2n) is 6.52. The van der Waals surface area contributed by atoms with Crippen LogP contribution in [0.5, 0.6) is 11.6 Å². The molecule has 0 bridgehead atoms. The first-order chi connectivity index (χ1) is 11.9. The molecule has 0 saturated heterocycles. The Hall–Kier alpha value is -2.67. The van der Waals surface area contributed by atoms with Crippen molar-refractivity contribution in [3.8, 4) is 11.6 Å². The van der Waals surface area contributed by atoms with E-state index in [4.69, 9.17) is 9.47 Å². The first-order valence-corrected chi connectivity index (χ1v) is 7.99. The maximum atomic E-state index is 11.8. The molecule has 0 spiro atoms. The molecule has 7 nitrogen and oxygen atoms in total. The summed E-state index contributed by atoms with van der Waals surface area (Å²) in [5, 5.41) is 12.1. The van der Waals surface area contributed by atoms with Gasteiger partial charge in [0, 0.05) is 12.4 Å². The number of alkyl carbamates (subject to hydrolysis) is 1. The summed E-state index contributed by atoms with van der Waals surface area (Å²) in [6.45, 7) is 5.18. The minimum Gasteiger partial charge on any atom is -0.444 e. The van der Waals surface area contributed by atoms with Crippen molar-refractivity contribution >= 4 is 6.09 Å². The number of rotatable bonds is 6. The fourth-order valence-electron chi connectivity index (χ4n) is 2.07. The zero-order valence-corrected chi connectivity index (χ0v) is 14.6. The van der Waals surface area contributed by atoms with Gasteiger partial charge in [-0.25, -0.2) is 9.78 Å². The number of carbonyl (C=O) groups is 1. The second-order valence-corrected chi connectivity index (χ2v) is 6.52. The normalized spacial score (nSPS) is 12.3. The molecule has 2 rings (SSSR count). The standard InChI is InChI=1S/C18H23N3O4/c1-18(2,3)25-17(23)21-14(12-22)10-13-4-6-15(7-5-13)24-16-11-19-8-9-20-16/h4-9,11,14,22H,10,12H2,1-3H3,(H,21,23)/t14-/m0/s1. The highest BCUT2D eigenvalue weighted by atomic mass is 16.6. The van der Waals surface area contributed by atoms with Crippen LogP contribution in [0.25, 0.3) is 0 Å². The first-order valence-electron chi connectivity index (χ1n) is 7.99. The Bertz CT molecular complexity index is 669. The number of hydrogen-bond acceptors (Lipinski definition) is 6. The van der Waals surface area contributed by atoms with Crippen molar-refractivity contribution in [3.05, 3.63) is 48.4 Å². The van der Waals surface area contributed by atoms with E-state index in [-0.39, 0.29) is 6.61 Å². The number of nitrogens with zero attached hydrogens (tertiary/aromatic N) is 2. The smallest absolute Gasteiger partial charge is 0.407 e. The van der Waals surface area contributed by atoms with E-state index >= 15 is 0 Å². The third kappa shape index (κ3) is 6.76. The molecule has 0 fully saturated rings. The summed E-state index contributed by atoms with van der Waals surface area (Å²) in [5.41, 5.74) is 0.366. The van der Waals surface area contributed by atoms with E-state index in [1.54, 1.807) is 45.3 Å². The van der Waals surface area contributed by atoms with E-state index in [0.29, 0.717) is 18.1 Å². The Morgan fingerprint density at radius 1 is 1.24 bits per heavy atom. The van der Waals surface area contributed by atoms with Gasteiger partial charge in [-0.05, 0) is 44.9 Å². The van der Waals surface area contributed by atoms with E-state index in [2.05, 4.69) is 15.3 Å². The van der Waals surface area contributed by atoms with Crippen LogP contribution in [0.1, 0.15) is 26.3 Å². The average molecular weight is 345 g/mol. The number of aliphatic hydroxyl groups is 1. The maximum Gasteiger partial charge on any atom is 0.407 e. The molecule has 0 aliphatic rings. The molecule has 1 aromatic heterocycles. The van der Waals surface area contributed by atoms with Gasteiger partial charge in [0.25, 0.3) is 0 Å². The minimum absolute atomic E-state index is 0.183. The Morgan fingerprint density at radius 3 is 2.52 bits per heavy atom. The quantitative estimate of drug-likeness (QED) is 0.836. The predicted octanol–water partition coefficient (Wildman–Crippen LogP) is 2.70. The van der Waals surface area contributed by atoms with Crippen LogP contribution >= 0.6 is 0 Å². The number of hydrogen-bond donors (Lipinski definition) is 2. The zero-order chi connectivity index (χ0) is 18.3. The monoisotopic (exact) mass is 345 g/mol. The summed E-state index contributed by atoms with van der Waals surface area (Å²) in [6, 6.07) is 6.90. The van der Waals surface area contributed by atoms with Gasteiger partial charge in [0.1, 0.15) is 11.4 Å². The molecule has 0 aliphatic heterocycles. The van der Waals surface area contributed by atoms with Crippen LogP contribution in [0, 0.1) is 0 Å². The lowest BCUT2D eigenvalue weighted by atomic mass is 10.1. The fourth-order valence-corrected chi connectivity index (χ4v) is 2.07. The van der Waals surface area contributed by atoms with Gasteiger partial charge in [0.15, 0.2) is 0 Å². The molecule has 1 aromatic carbocycles. The molecular formula is C18H23N3O4. The number of aromatic nitrogens is 2. The van der Waals surface area contributed by atoms with Crippen LogP contribution in [0.2, 0.25) is 0 Å². The molecule has 0 radical (unpaired) electrons. The highest BCUT2D eigenvalue weighted by Crippen LogP contribution is 2.19. The van der Waals surface area contributed by atoms with E-state index in [1.807, 2.05) is 12.1 Å². The van der Waals surface area contributed by atoms with Gasteiger partial charge in [-0.3, -0.25) is 4.98 Å². The third-order valence-electron chi connectivity index (χ3n) is 3.11. The van der Waals surface area contributed by atoms with Crippen molar-refractivity contribution in [2.45, 2.75) is 38.8 Å². The Labute approximate surface area is 147 Å². The van der Waals surface area contributed by atoms with Crippen molar-refractivity contribution in [1.82, 2.24) is 15.3 Å². The van der Waals surface area contributed by atoms with Crippen molar-refractivity contribution in [2.75, 3.05) is 6.61 Å². The van der Waals surface area contributed by atoms with Crippen molar-refractivity contribution in [2.24, 2.45) is 0 Å². The van der Waals surface area contributed by atoms with Crippen LogP contribution in [-0.2, 0) is 11.2 Å².